The zero-order valence-corrected chi connectivity index (χ0v) is 16.0. The number of hydrogen-bond donors (Lipinski definition) is 1. The van der Waals surface area contributed by atoms with E-state index in [1.165, 1.54) is 19.2 Å². The van der Waals surface area contributed by atoms with Crippen molar-refractivity contribution in [3.63, 3.8) is 0 Å². The molecule has 1 aromatic carbocycles. The Labute approximate surface area is 164 Å². The number of hydrogen-bond acceptors (Lipinski definition) is 5. The summed E-state index contributed by atoms with van der Waals surface area (Å²) in [6, 6.07) is 3.61. The van der Waals surface area contributed by atoms with Crippen LogP contribution in [0, 0.1) is 10.1 Å². The van der Waals surface area contributed by atoms with Gasteiger partial charge in [-0.2, -0.15) is 18.3 Å². The number of alkyl halides is 3. The highest BCUT2D eigenvalue weighted by molar-refractivity contribution is 9.10. The predicted octanol–water partition coefficient (Wildman–Crippen LogP) is 4.10. The fourth-order valence-electron chi connectivity index (χ4n) is 2.72. The molecule has 0 atom stereocenters. The fourth-order valence-corrected chi connectivity index (χ4v) is 3.56. The minimum absolute atomic E-state index is 0.0580. The van der Waals surface area contributed by atoms with Crippen LogP contribution in [0.2, 0.25) is 0 Å². The highest BCUT2D eigenvalue weighted by Crippen LogP contribution is 2.47. The van der Waals surface area contributed by atoms with Crippen molar-refractivity contribution in [2.75, 3.05) is 12.4 Å². The number of nitro benzene ring substituents is 1. The predicted molar refractivity (Wildman–Crippen MR) is 95.2 cm³/mol. The first-order valence-electron chi connectivity index (χ1n) is 8.07. The maximum absolute atomic E-state index is 13.1. The Morgan fingerprint density at radius 1 is 1.46 bits per heavy atom. The van der Waals surface area contributed by atoms with Gasteiger partial charge >= 0.3 is 6.18 Å². The van der Waals surface area contributed by atoms with Gasteiger partial charge in [-0.05, 0) is 34.8 Å². The van der Waals surface area contributed by atoms with Gasteiger partial charge < -0.3 is 10.1 Å². The van der Waals surface area contributed by atoms with Crippen LogP contribution < -0.4 is 10.1 Å². The van der Waals surface area contributed by atoms with Gasteiger partial charge in [0, 0.05) is 12.0 Å². The molecule has 150 valence electrons. The second-order valence-electron chi connectivity index (χ2n) is 6.17. The van der Waals surface area contributed by atoms with E-state index in [2.05, 4.69) is 26.3 Å². The fraction of sp³-hybridized carbons (Fsp3) is 0.375. The summed E-state index contributed by atoms with van der Waals surface area (Å²) < 4.78 is 45.3. The van der Waals surface area contributed by atoms with Crippen LogP contribution in [-0.2, 0) is 17.5 Å². The summed E-state index contributed by atoms with van der Waals surface area (Å²) in [7, 11) is 1.28. The molecule has 1 aliphatic carbocycles. The second kappa shape index (κ2) is 7.41. The van der Waals surface area contributed by atoms with Gasteiger partial charge in [0.1, 0.15) is 12.3 Å². The highest BCUT2D eigenvalue weighted by Gasteiger charge is 2.42. The van der Waals surface area contributed by atoms with Gasteiger partial charge in [0.25, 0.3) is 5.69 Å². The van der Waals surface area contributed by atoms with Gasteiger partial charge in [-0.1, -0.05) is 0 Å². The number of carbonyl (C=O) groups excluding carboxylic acids is 1. The lowest BCUT2D eigenvalue weighted by Crippen LogP contribution is -2.21. The van der Waals surface area contributed by atoms with Crippen LogP contribution in [0.4, 0.5) is 24.5 Å². The maximum atomic E-state index is 13.1. The molecule has 1 fully saturated rings. The molecule has 0 aliphatic heterocycles. The van der Waals surface area contributed by atoms with E-state index in [0.717, 1.165) is 23.6 Å². The average molecular weight is 463 g/mol. The molecule has 0 spiro atoms. The standard InChI is InChI=1S/C16H14BrF3N4O4/c1-28-11-6-9(24(26)27)4-5-10(11)21-12(25)7-23-14(8-2-3-8)13(17)15(22-23)16(18,19)20/h4-6,8H,2-3,7H2,1H3,(H,21,25). The quantitative estimate of drug-likeness (QED) is 0.514. The van der Waals surface area contributed by atoms with Gasteiger partial charge in [0.05, 0.1) is 34.0 Å². The van der Waals surface area contributed by atoms with E-state index < -0.39 is 29.2 Å². The Morgan fingerprint density at radius 2 is 2.14 bits per heavy atom. The minimum atomic E-state index is -4.65. The van der Waals surface area contributed by atoms with Crippen LogP contribution in [0.1, 0.15) is 30.1 Å². The summed E-state index contributed by atoms with van der Waals surface area (Å²) in [5.41, 5.74) is -0.807. The molecule has 28 heavy (non-hydrogen) atoms. The van der Waals surface area contributed by atoms with Crippen molar-refractivity contribution in [1.82, 2.24) is 9.78 Å². The van der Waals surface area contributed by atoms with Gasteiger partial charge in [-0.25, -0.2) is 0 Å². The van der Waals surface area contributed by atoms with Crippen molar-refractivity contribution < 1.29 is 27.6 Å². The number of aromatic nitrogens is 2. The number of amides is 1. The lowest BCUT2D eigenvalue weighted by atomic mass is 10.2. The van der Waals surface area contributed by atoms with E-state index in [-0.39, 0.29) is 27.5 Å². The minimum Gasteiger partial charge on any atom is -0.494 e. The van der Waals surface area contributed by atoms with Crippen LogP contribution >= 0.6 is 15.9 Å². The van der Waals surface area contributed by atoms with Crippen LogP contribution in [0.15, 0.2) is 22.7 Å². The normalized spacial score (nSPS) is 14.0. The summed E-state index contributed by atoms with van der Waals surface area (Å²) in [5.74, 6) is -0.667. The van der Waals surface area contributed by atoms with E-state index in [0.29, 0.717) is 5.69 Å². The Bertz CT molecular complexity index is 941. The van der Waals surface area contributed by atoms with Gasteiger partial charge in [0.15, 0.2) is 5.69 Å². The molecular formula is C16H14BrF3N4O4. The maximum Gasteiger partial charge on any atom is 0.436 e. The zero-order chi connectivity index (χ0) is 20.6. The largest absolute Gasteiger partial charge is 0.494 e. The number of carbonyl (C=O) groups is 1. The number of rotatable bonds is 6. The summed E-state index contributed by atoms with van der Waals surface area (Å²) in [6.07, 6.45) is -3.20. The molecule has 0 bridgehead atoms. The first kappa shape index (κ1) is 20.1. The number of anilines is 1. The number of nitro groups is 1. The van der Waals surface area contributed by atoms with Crippen LogP contribution in [-0.4, -0.2) is 27.7 Å². The molecule has 0 saturated heterocycles. The number of methoxy groups -OCH3 is 1. The molecule has 0 unspecified atom stereocenters. The number of benzene rings is 1. The molecule has 3 rings (SSSR count). The van der Waals surface area contributed by atoms with Gasteiger partial charge in [-0.3, -0.25) is 19.6 Å². The van der Waals surface area contributed by atoms with Gasteiger partial charge in [-0.15, -0.1) is 0 Å². The topological polar surface area (TPSA) is 99.3 Å². The molecule has 12 heteroatoms. The van der Waals surface area contributed by atoms with E-state index in [9.17, 15) is 28.1 Å². The van der Waals surface area contributed by atoms with Gasteiger partial charge in [0.2, 0.25) is 5.91 Å². The molecule has 1 aromatic heterocycles. The Kier molecular flexibility index (Phi) is 5.33. The molecule has 1 heterocycles. The zero-order valence-electron chi connectivity index (χ0n) is 14.4. The van der Waals surface area contributed by atoms with Crippen molar-refractivity contribution in [3.05, 3.63) is 44.2 Å². The average Bonchev–Trinajstić information content (AvgIpc) is 3.38. The lowest BCUT2D eigenvalue weighted by molar-refractivity contribution is -0.384. The Balaban J connectivity index is 1.83. The SMILES string of the molecule is COc1cc([N+](=O)[O-])ccc1NC(=O)Cn1nc(C(F)(F)F)c(Br)c1C1CC1. The first-order valence-corrected chi connectivity index (χ1v) is 8.86. The molecule has 0 radical (unpaired) electrons. The number of halogens is 4. The second-order valence-corrected chi connectivity index (χ2v) is 6.96. The number of ether oxygens (including phenoxy) is 1. The first-order chi connectivity index (χ1) is 13.1. The van der Waals surface area contributed by atoms with Crippen molar-refractivity contribution in [2.24, 2.45) is 0 Å². The summed E-state index contributed by atoms with van der Waals surface area (Å²) in [5, 5.41) is 16.9. The molecule has 1 aliphatic rings. The van der Waals surface area contributed by atoms with Crippen molar-refractivity contribution >= 4 is 33.2 Å². The third kappa shape index (κ3) is 4.11. The third-order valence-corrected chi connectivity index (χ3v) is 4.91. The molecule has 1 N–H and O–H groups in total. The molecule has 1 amide bonds. The van der Waals surface area contributed by atoms with Crippen molar-refractivity contribution in [1.29, 1.82) is 0 Å². The Morgan fingerprint density at radius 3 is 2.68 bits per heavy atom. The molecule has 2 aromatic rings. The molecule has 1 saturated carbocycles. The summed E-state index contributed by atoms with van der Waals surface area (Å²) >= 11 is 2.96. The number of nitrogens with zero attached hydrogens (tertiary/aromatic N) is 3. The summed E-state index contributed by atoms with van der Waals surface area (Å²) in [6.45, 7) is -0.444. The number of non-ortho nitro benzene ring substituents is 1. The molecule has 8 nitrogen and oxygen atoms in total. The Hall–Kier alpha value is -2.63. The van der Waals surface area contributed by atoms with Crippen LogP contribution in [0.25, 0.3) is 0 Å². The highest BCUT2D eigenvalue weighted by atomic mass is 79.9. The monoisotopic (exact) mass is 462 g/mol. The smallest absolute Gasteiger partial charge is 0.436 e. The van der Waals surface area contributed by atoms with Crippen LogP contribution in [0.3, 0.4) is 0 Å². The van der Waals surface area contributed by atoms with Crippen molar-refractivity contribution in [2.45, 2.75) is 31.5 Å². The lowest BCUT2D eigenvalue weighted by Gasteiger charge is -2.11. The number of nitrogens with one attached hydrogen (secondary N) is 1. The molecular weight excluding hydrogens is 449 g/mol. The van der Waals surface area contributed by atoms with E-state index in [4.69, 9.17) is 4.74 Å². The van der Waals surface area contributed by atoms with Crippen LogP contribution in [0.5, 0.6) is 5.75 Å². The summed E-state index contributed by atoms with van der Waals surface area (Å²) in [4.78, 5) is 22.6. The van der Waals surface area contributed by atoms with Crippen molar-refractivity contribution in [3.8, 4) is 5.75 Å². The van der Waals surface area contributed by atoms with E-state index in [1.807, 2.05) is 0 Å². The third-order valence-electron chi connectivity index (χ3n) is 4.13. The van der Waals surface area contributed by atoms with E-state index >= 15 is 0 Å². The van der Waals surface area contributed by atoms with E-state index in [1.54, 1.807) is 0 Å².